The fourth-order valence-corrected chi connectivity index (χ4v) is 2.82. The molecule has 1 aliphatic carbocycles. The van der Waals surface area contributed by atoms with Crippen molar-refractivity contribution >= 4 is 5.78 Å². The van der Waals surface area contributed by atoms with E-state index in [-0.39, 0.29) is 5.78 Å². The summed E-state index contributed by atoms with van der Waals surface area (Å²) in [5, 5.41) is 0. The molecule has 0 radical (unpaired) electrons. The summed E-state index contributed by atoms with van der Waals surface area (Å²) in [5.41, 5.74) is 3.01. The maximum atomic E-state index is 11.3. The van der Waals surface area contributed by atoms with Gasteiger partial charge in [-0.25, -0.2) is 0 Å². The van der Waals surface area contributed by atoms with Crippen molar-refractivity contribution in [2.45, 2.75) is 38.7 Å². The maximum absolute atomic E-state index is 11.3. The second kappa shape index (κ2) is 6.13. The highest BCUT2D eigenvalue weighted by atomic mass is 16.5. The van der Waals surface area contributed by atoms with Crippen molar-refractivity contribution in [1.82, 2.24) is 0 Å². The van der Waals surface area contributed by atoms with Crippen LogP contribution < -0.4 is 4.74 Å². The zero-order valence-corrected chi connectivity index (χ0v) is 12.3. The Kier molecular flexibility index (Phi) is 4.05. The quantitative estimate of drug-likeness (QED) is 0.746. The Morgan fingerprint density at radius 1 is 0.905 bits per heavy atom. The van der Waals surface area contributed by atoms with Crippen molar-refractivity contribution in [1.29, 1.82) is 0 Å². The Labute approximate surface area is 125 Å². The fourth-order valence-electron chi connectivity index (χ4n) is 2.82. The van der Waals surface area contributed by atoms with Gasteiger partial charge in [0.1, 0.15) is 5.75 Å². The van der Waals surface area contributed by atoms with Gasteiger partial charge in [-0.3, -0.25) is 4.79 Å². The Balaban J connectivity index is 1.72. The largest absolute Gasteiger partial charge is 0.490 e. The number of benzene rings is 2. The van der Waals surface area contributed by atoms with Crippen LogP contribution in [0.4, 0.5) is 0 Å². The lowest BCUT2D eigenvalue weighted by Gasteiger charge is -2.13. The molecule has 108 valence electrons. The van der Waals surface area contributed by atoms with E-state index < -0.39 is 0 Å². The molecule has 0 N–H and O–H groups in total. The average molecular weight is 280 g/mol. The van der Waals surface area contributed by atoms with Gasteiger partial charge in [0.25, 0.3) is 0 Å². The first kappa shape index (κ1) is 13.9. The highest BCUT2D eigenvalue weighted by Crippen LogP contribution is 2.27. The lowest BCUT2D eigenvalue weighted by Crippen LogP contribution is -2.10. The average Bonchev–Trinajstić information content (AvgIpc) is 3.01. The molecule has 0 amide bonds. The summed E-state index contributed by atoms with van der Waals surface area (Å²) in [6.07, 6.45) is 5.31. The third-order valence-corrected chi connectivity index (χ3v) is 4.08. The molecule has 0 unspecified atom stereocenters. The lowest BCUT2D eigenvalue weighted by atomic mass is 10.0. The summed E-state index contributed by atoms with van der Waals surface area (Å²) in [5.74, 6) is 1.05. The van der Waals surface area contributed by atoms with Crippen LogP contribution >= 0.6 is 0 Å². The van der Waals surface area contributed by atoms with E-state index in [0.29, 0.717) is 6.10 Å². The van der Waals surface area contributed by atoms with Crippen LogP contribution in [0.25, 0.3) is 11.1 Å². The van der Waals surface area contributed by atoms with Crippen LogP contribution in [0.15, 0.2) is 48.5 Å². The van der Waals surface area contributed by atoms with Gasteiger partial charge in [0.15, 0.2) is 5.78 Å². The number of ether oxygens (including phenoxy) is 1. The zero-order chi connectivity index (χ0) is 14.7. The number of rotatable bonds is 4. The van der Waals surface area contributed by atoms with E-state index in [9.17, 15) is 4.79 Å². The fraction of sp³-hybridized carbons (Fsp3) is 0.316. The van der Waals surface area contributed by atoms with Crippen LogP contribution in [-0.2, 0) is 0 Å². The van der Waals surface area contributed by atoms with Gasteiger partial charge in [-0.05, 0) is 55.9 Å². The molecule has 1 saturated carbocycles. The van der Waals surface area contributed by atoms with Crippen LogP contribution in [0.1, 0.15) is 43.0 Å². The number of carbonyl (C=O) groups is 1. The molecule has 0 spiro atoms. The summed E-state index contributed by atoms with van der Waals surface area (Å²) in [4.78, 5) is 11.3. The Morgan fingerprint density at radius 3 is 1.95 bits per heavy atom. The first-order valence-corrected chi connectivity index (χ1v) is 7.60. The van der Waals surface area contributed by atoms with Crippen LogP contribution in [0.3, 0.4) is 0 Å². The standard InChI is InChI=1S/C19H20O2/c1-14(20)15-6-8-16(9-7-15)17-10-12-19(13-11-17)21-18-4-2-3-5-18/h6-13,18H,2-5H2,1H3. The van der Waals surface area contributed by atoms with E-state index >= 15 is 0 Å². The van der Waals surface area contributed by atoms with Crippen molar-refractivity contribution in [2.75, 3.05) is 0 Å². The molecule has 1 aliphatic rings. The van der Waals surface area contributed by atoms with E-state index in [0.717, 1.165) is 22.4 Å². The molecule has 21 heavy (non-hydrogen) atoms. The van der Waals surface area contributed by atoms with E-state index in [1.807, 2.05) is 36.4 Å². The van der Waals surface area contributed by atoms with Gasteiger partial charge < -0.3 is 4.74 Å². The van der Waals surface area contributed by atoms with Crippen LogP contribution in [0, 0.1) is 0 Å². The minimum atomic E-state index is 0.0989. The van der Waals surface area contributed by atoms with E-state index in [2.05, 4.69) is 12.1 Å². The third kappa shape index (κ3) is 3.33. The molecule has 0 atom stereocenters. The number of Topliss-reactive ketones (excluding diaryl/α,β-unsaturated/α-hetero) is 1. The number of ketones is 1. The van der Waals surface area contributed by atoms with Crippen molar-refractivity contribution in [3.8, 4) is 16.9 Å². The Bertz CT molecular complexity index is 605. The summed E-state index contributed by atoms with van der Waals surface area (Å²) >= 11 is 0. The van der Waals surface area contributed by atoms with Crippen molar-refractivity contribution in [2.24, 2.45) is 0 Å². The summed E-state index contributed by atoms with van der Waals surface area (Å²) < 4.78 is 5.97. The predicted octanol–water partition coefficient (Wildman–Crippen LogP) is 4.88. The van der Waals surface area contributed by atoms with E-state index in [4.69, 9.17) is 4.74 Å². The van der Waals surface area contributed by atoms with E-state index in [1.54, 1.807) is 6.92 Å². The predicted molar refractivity (Wildman–Crippen MR) is 84.8 cm³/mol. The van der Waals surface area contributed by atoms with Gasteiger partial charge in [-0.2, -0.15) is 0 Å². The van der Waals surface area contributed by atoms with Gasteiger partial charge in [0.2, 0.25) is 0 Å². The molecule has 2 heteroatoms. The van der Waals surface area contributed by atoms with Gasteiger partial charge in [-0.1, -0.05) is 36.4 Å². The van der Waals surface area contributed by atoms with Gasteiger partial charge in [0, 0.05) is 5.56 Å². The molecule has 1 fully saturated rings. The minimum absolute atomic E-state index is 0.0989. The molecular formula is C19H20O2. The molecule has 2 nitrogen and oxygen atoms in total. The molecule has 2 aromatic carbocycles. The Morgan fingerprint density at radius 2 is 1.43 bits per heavy atom. The smallest absolute Gasteiger partial charge is 0.159 e. The molecule has 3 rings (SSSR count). The van der Waals surface area contributed by atoms with Gasteiger partial charge in [-0.15, -0.1) is 0 Å². The minimum Gasteiger partial charge on any atom is -0.490 e. The molecule has 0 aliphatic heterocycles. The summed E-state index contributed by atoms with van der Waals surface area (Å²) in [7, 11) is 0. The Hall–Kier alpha value is -2.09. The lowest BCUT2D eigenvalue weighted by molar-refractivity contribution is 0.101. The SMILES string of the molecule is CC(=O)c1ccc(-c2ccc(OC3CCCC3)cc2)cc1. The second-order valence-electron chi connectivity index (χ2n) is 5.68. The monoisotopic (exact) mass is 280 g/mol. The molecule has 0 saturated heterocycles. The molecular weight excluding hydrogens is 260 g/mol. The van der Waals surface area contributed by atoms with Crippen LogP contribution in [-0.4, -0.2) is 11.9 Å². The first-order chi connectivity index (χ1) is 10.2. The zero-order valence-electron chi connectivity index (χ0n) is 12.3. The van der Waals surface area contributed by atoms with Crippen molar-refractivity contribution in [3.05, 3.63) is 54.1 Å². The van der Waals surface area contributed by atoms with E-state index in [1.165, 1.54) is 25.7 Å². The first-order valence-electron chi connectivity index (χ1n) is 7.60. The molecule has 0 heterocycles. The summed E-state index contributed by atoms with van der Waals surface area (Å²) in [6.45, 7) is 1.59. The number of hydrogen-bond donors (Lipinski definition) is 0. The second-order valence-corrected chi connectivity index (χ2v) is 5.68. The van der Waals surface area contributed by atoms with Crippen LogP contribution in [0.5, 0.6) is 5.75 Å². The highest BCUT2D eigenvalue weighted by molar-refractivity contribution is 5.94. The normalized spacial score (nSPS) is 15.1. The van der Waals surface area contributed by atoms with Crippen molar-refractivity contribution < 1.29 is 9.53 Å². The number of hydrogen-bond acceptors (Lipinski definition) is 2. The van der Waals surface area contributed by atoms with Crippen LogP contribution in [0.2, 0.25) is 0 Å². The maximum Gasteiger partial charge on any atom is 0.159 e. The molecule has 0 aromatic heterocycles. The molecule has 2 aromatic rings. The summed E-state index contributed by atoms with van der Waals surface area (Å²) in [6, 6.07) is 16.0. The topological polar surface area (TPSA) is 26.3 Å². The number of carbonyl (C=O) groups excluding carboxylic acids is 1. The molecule has 0 bridgehead atoms. The van der Waals surface area contributed by atoms with Gasteiger partial charge >= 0.3 is 0 Å². The van der Waals surface area contributed by atoms with Gasteiger partial charge in [0.05, 0.1) is 6.10 Å². The van der Waals surface area contributed by atoms with Crippen molar-refractivity contribution in [3.63, 3.8) is 0 Å². The third-order valence-electron chi connectivity index (χ3n) is 4.08. The highest BCUT2D eigenvalue weighted by Gasteiger charge is 2.16.